The Balaban J connectivity index is 1.79. The molecule has 0 atom stereocenters. The number of nitrogens with one attached hydrogen (secondary N) is 1. The number of hydrogen-bond acceptors (Lipinski definition) is 5. The summed E-state index contributed by atoms with van der Waals surface area (Å²) in [5.41, 5.74) is 2.70. The molecule has 0 saturated heterocycles. The lowest BCUT2D eigenvalue weighted by atomic mass is 9.99. The van der Waals surface area contributed by atoms with Gasteiger partial charge in [0.25, 0.3) is 0 Å². The van der Waals surface area contributed by atoms with Crippen LogP contribution in [0.25, 0.3) is 0 Å². The van der Waals surface area contributed by atoms with Gasteiger partial charge in [-0.2, -0.15) is 4.98 Å². The first kappa shape index (κ1) is 18.3. The number of anilines is 2. The fraction of sp³-hybridized carbons (Fsp3) is 0.444. The summed E-state index contributed by atoms with van der Waals surface area (Å²) in [4.78, 5) is 11.1. The molecule has 1 aromatic carbocycles. The Hall–Kier alpha value is -2.51. The van der Waals surface area contributed by atoms with Gasteiger partial charge in [-0.05, 0) is 50.5 Å². The predicted molar refractivity (Wildman–Crippen MR) is 93.4 cm³/mol. The molecule has 0 spiro atoms. The second kappa shape index (κ2) is 7.01. The number of aryl methyl sites for hydroxylation is 1. The van der Waals surface area contributed by atoms with E-state index in [4.69, 9.17) is 0 Å². The highest BCUT2D eigenvalue weighted by atomic mass is 19.4. The van der Waals surface area contributed by atoms with Crippen molar-refractivity contribution in [2.45, 2.75) is 46.1 Å². The molecule has 1 aliphatic heterocycles. The van der Waals surface area contributed by atoms with Gasteiger partial charge in [-0.15, -0.1) is 13.2 Å². The molecule has 140 valence electrons. The van der Waals surface area contributed by atoms with Crippen LogP contribution in [0.15, 0.2) is 24.3 Å². The fourth-order valence-corrected chi connectivity index (χ4v) is 2.96. The molecule has 0 amide bonds. The zero-order valence-electron chi connectivity index (χ0n) is 14.9. The summed E-state index contributed by atoms with van der Waals surface area (Å²) in [7, 11) is 0. The van der Waals surface area contributed by atoms with Gasteiger partial charge in [0.1, 0.15) is 11.6 Å². The maximum Gasteiger partial charge on any atom is 0.573 e. The highest BCUT2D eigenvalue weighted by molar-refractivity contribution is 5.49. The number of benzene rings is 1. The van der Waals surface area contributed by atoms with Crippen molar-refractivity contribution in [2.24, 2.45) is 0 Å². The Kier molecular flexibility index (Phi) is 4.93. The van der Waals surface area contributed by atoms with Gasteiger partial charge in [0.05, 0.1) is 0 Å². The van der Waals surface area contributed by atoms with Crippen LogP contribution in [0, 0.1) is 6.92 Å². The molecule has 26 heavy (non-hydrogen) atoms. The molecular formula is C18H21F3N4O. The van der Waals surface area contributed by atoms with E-state index in [0.29, 0.717) is 25.5 Å². The number of nitrogens with zero attached hydrogens (tertiary/aromatic N) is 3. The van der Waals surface area contributed by atoms with E-state index < -0.39 is 6.36 Å². The van der Waals surface area contributed by atoms with Crippen LogP contribution >= 0.6 is 0 Å². The van der Waals surface area contributed by atoms with Crippen molar-refractivity contribution in [1.29, 1.82) is 0 Å². The molecule has 3 rings (SSSR count). The zero-order valence-corrected chi connectivity index (χ0v) is 14.9. The minimum Gasteiger partial charge on any atom is -0.406 e. The molecule has 0 radical (unpaired) electrons. The lowest BCUT2D eigenvalue weighted by Gasteiger charge is -2.30. The van der Waals surface area contributed by atoms with Crippen LogP contribution in [0.1, 0.15) is 30.7 Å². The Morgan fingerprint density at radius 3 is 2.62 bits per heavy atom. The van der Waals surface area contributed by atoms with Gasteiger partial charge in [-0.25, -0.2) is 4.98 Å². The maximum atomic E-state index is 12.4. The minimum atomic E-state index is -4.67. The SMILES string of the molecule is Cc1cc(N2CCc3cc(OC(F)(F)F)ccc3C2)nc(NC(C)C)n1. The quantitative estimate of drug-likeness (QED) is 0.884. The van der Waals surface area contributed by atoms with Gasteiger partial charge in [0.2, 0.25) is 5.95 Å². The minimum absolute atomic E-state index is 0.175. The van der Waals surface area contributed by atoms with Gasteiger partial charge >= 0.3 is 6.36 Å². The summed E-state index contributed by atoms with van der Waals surface area (Å²) in [5.74, 6) is 1.21. The predicted octanol–water partition coefficient (Wildman–Crippen LogP) is 4.07. The van der Waals surface area contributed by atoms with Crippen LogP contribution in [0.4, 0.5) is 24.9 Å². The summed E-state index contributed by atoms with van der Waals surface area (Å²) >= 11 is 0. The monoisotopic (exact) mass is 366 g/mol. The van der Waals surface area contributed by atoms with E-state index in [9.17, 15) is 13.2 Å². The van der Waals surface area contributed by atoms with Crippen LogP contribution in [0.2, 0.25) is 0 Å². The van der Waals surface area contributed by atoms with E-state index in [-0.39, 0.29) is 11.8 Å². The summed E-state index contributed by atoms with van der Waals surface area (Å²) in [5, 5.41) is 3.20. The van der Waals surface area contributed by atoms with E-state index in [1.165, 1.54) is 12.1 Å². The lowest BCUT2D eigenvalue weighted by molar-refractivity contribution is -0.274. The van der Waals surface area contributed by atoms with Crippen molar-refractivity contribution in [2.75, 3.05) is 16.8 Å². The fourth-order valence-electron chi connectivity index (χ4n) is 2.96. The number of alkyl halides is 3. The average molecular weight is 366 g/mol. The molecule has 0 fully saturated rings. The first-order valence-corrected chi connectivity index (χ1v) is 8.44. The molecule has 1 aliphatic rings. The van der Waals surface area contributed by atoms with Crippen molar-refractivity contribution in [1.82, 2.24) is 9.97 Å². The van der Waals surface area contributed by atoms with Crippen LogP contribution in [0.5, 0.6) is 5.75 Å². The molecule has 2 heterocycles. The van der Waals surface area contributed by atoms with Crippen LogP contribution < -0.4 is 15.0 Å². The standard InChI is InChI=1S/C18H21F3N4O/c1-11(2)22-17-23-12(3)8-16(24-17)25-7-6-13-9-15(26-18(19,20)21)5-4-14(13)10-25/h4-5,8-9,11H,6-7,10H2,1-3H3,(H,22,23,24). The Labute approximate surface area is 150 Å². The first-order valence-electron chi connectivity index (χ1n) is 8.44. The molecular weight excluding hydrogens is 345 g/mol. The number of halogens is 3. The third-order valence-electron chi connectivity index (χ3n) is 4.01. The molecule has 0 unspecified atom stereocenters. The summed E-state index contributed by atoms with van der Waals surface area (Å²) < 4.78 is 41.1. The van der Waals surface area contributed by atoms with Gasteiger partial charge in [-0.3, -0.25) is 0 Å². The number of ether oxygens (including phenoxy) is 1. The molecule has 5 nitrogen and oxygen atoms in total. The smallest absolute Gasteiger partial charge is 0.406 e. The summed E-state index contributed by atoms with van der Waals surface area (Å²) in [6.45, 7) is 7.20. The molecule has 0 bridgehead atoms. The Morgan fingerprint density at radius 1 is 1.15 bits per heavy atom. The molecule has 0 saturated carbocycles. The second-order valence-electron chi connectivity index (χ2n) is 6.64. The lowest BCUT2D eigenvalue weighted by Crippen LogP contribution is -2.31. The number of rotatable bonds is 4. The first-order chi connectivity index (χ1) is 12.2. The highest BCUT2D eigenvalue weighted by Gasteiger charge is 2.31. The van der Waals surface area contributed by atoms with E-state index >= 15 is 0 Å². The molecule has 2 aromatic rings. The van der Waals surface area contributed by atoms with E-state index in [1.54, 1.807) is 6.07 Å². The second-order valence-corrected chi connectivity index (χ2v) is 6.64. The van der Waals surface area contributed by atoms with Crippen molar-refractivity contribution >= 4 is 11.8 Å². The Bertz CT molecular complexity index is 792. The summed E-state index contributed by atoms with van der Waals surface area (Å²) in [6, 6.07) is 6.64. The van der Waals surface area contributed by atoms with Gasteiger partial charge in [0, 0.05) is 30.9 Å². The number of fused-ring (bicyclic) bond motifs is 1. The van der Waals surface area contributed by atoms with Crippen molar-refractivity contribution in [3.8, 4) is 5.75 Å². The van der Waals surface area contributed by atoms with Crippen molar-refractivity contribution in [3.05, 3.63) is 41.1 Å². The Morgan fingerprint density at radius 2 is 1.92 bits per heavy atom. The van der Waals surface area contributed by atoms with Crippen molar-refractivity contribution in [3.63, 3.8) is 0 Å². The average Bonchev–Trinajstić information content (AvgIpc) is 2.51. The number of hydrogen-bond donors (Lipinski definition) is 1. The van der Waals surface area contributed by atoms with Crippen molar-refractivity contribution < 1.29 is 17.9 Å². The number of aromatic nitrogens is 2. The maximum absolute atomic E-state index is 12.4. The van der Waals surface area contributed by atoms with Crippen LogP contribution in [0.3, 0.4) is 0 Å². The van der Waals surface area contributed by atoms with Crippen LogP contribution in [-0.2, 0) is 13.0 Å². The third-order valence-corrected chi connectivity index (χ3v) is 4.01. The molecule has 1 N–H and O–H groups in total. The highest BCUT2D eigenvalue weighted by Crippen LogP contribution is 2.29. The summed E-state index contributed by atoms with van der Waals surface area (Å²) in [6.07, 6.45) is -4.05. The van der Waals surface area contributed by atoms with Crippen LogP contribution in [-0.4, -0.2) is 28.9 Å². The van der Waals surface area contributed by atoms with Gasteiger partial charge < -0.3 is 15.0 Å². The van der Waals surface area contributed by atoms with E-state index in [0.717, 1.165) is 22.6 Å². The molecule has 1 aromatic heterocycles. The van der Waals surface area contributed by atoms with Gasteiger partial charge in [-0.1, -0.05) is 6.07 Å². The van der Waals surface area contributed by atoms with E-state index in [2.05, 4.69) is 24.9 Å². The topological polar surface area (TPSA) is 50.3 Å². The third kappa shape index (κ3) is 4.56. The zero-order chi connectivity index (χ0) is 18.9. The van der Waals surface area contributed by atoms with E-state index in [1.807, 2.05) is 26.8 Å². The normalized spacial score (nSPS) is 14.3. The van der Waals surface area contributed by atoms with Gasteiger partial charge in [0.15, 0.2) is 0 Å². The molecule has 8 heteroatoms. The molecule has 0 aliphatic carbocycles. The largest absolute Gasteiger partial charge is 0.573 e.